The standard InChI is InChI=1S/C20H17ClO5/c1-12(22)26-16-9-5-7-14-18(16)20(24)17-13(19(14)23)6-4-8-15(17)25-11-3-2-10-21/h4-9H,2-3,10-11H2,1H3. The molecular weight excluding hydrogens is 356 g/mol. The molecule has 0 spiro atoms. The first-order chi connectivity index (χ1) is 12.5. The monoisotopic (exact) mass is 372 g/mol. The van der Waals surface area contributed by atoms with Crippen LogP contribution in [0, 0.1) is 0 Å². The Bertz CT molecular complexity index is 888. The van der Waals surface area contributed by atoms with Crippen LogP contribution in [-0.2, 0) is 4.79 Å². The molecule has 0 bridgehead atoms. The molecule has 1 aliphatic rings. The Balaban J connectivity index is 2.04. The normalized spacial score (nSPS) is 12.4. The second-order valence-electron chi connectivity index (χ2n) is 5.85. The van der Waals surface area contributed by atoms with Crippen molar-refractivity contribution in [2.24, 2.45) is 0 Å². The van der Waals surface area contributed by atoms with Crippen LogP contribution in [0.4, 0.5) is 0 Å². The Morgan fingerprint density at radius 2 is 1.54 bits per heavy atom. The van der Waals surface area contributed by atoms with Gasteiger partial charge >= 0.3 is 5.97 Å². The van der Waals surface area contributed by atoms with Gasteiger partial charge in [0.1, 0.15) is 11.5 Å². The van der Waals surface area contributed by atoms with Crippen LogP contribution in [0.2, 0.25) is 0 Å². The van der Waals surface area contributed by atoms with E-state index in [2.05, 4.69) is 0 Å². The number of carbonyl (C=O) groups excluding carboxylic acids is 3. The summed E-state index contributed by atoms with van der Waals surface area (Å²) in [7, 11) is 0. The lowest BCUT2D eigenvalue weighted by molar-refractivity contribution is -0.131. The maximum atomic E-state index is 13.1. The first-order valence-corrected chi connectivity index (χ1v) is 8.80. The molecule has 0 amide bonds. The van der Waals surface area contributed by atoms with Gasteiger partial charge in [0.05, 0.1) is 17.7 Å². The summed E-state index contributed by atoms with van der Waals surface area (Å²) in [6, 6.07) is 9.58. The van der Waals surface area contributed by atoms with Gasteiger partial charge in [0, 0.05) is 23.9 Å². The first kappa shape index (κ1) is 18.1. The number of rotatable bonds is 6. The predicted molar refractivity (Wildman–Crippen MR) is 96.5 cm³/mol. The molecule has 134 valence electrons. The van der Waals surface area contributed by atoms with Crippen LogP contribution in [0.15, 0.2) is 36.4 Å². The van der Waals surface area contributed by atoms with Crippen molar-refractivity contribution < 1.29 is 23.9 Å². The van der Waals surface area contributed by atoms with Crippen molar-refractivity contribution in [2.45, 2.75) is 19.8 Å². The van der Waals surface area contributed by atoms with E-state index in [0.717, 1.165) is 12.8 Å². The molecule has 0 atom stereocenters. The fourth-order valence-electron chi connectivity index (χ4n) is 2.92. The average Bonchev–Trinajstić information content (AvgIpc) is 2.62. The van der Waals surface area contributed by atoms with Crippen molar-refractivity contribution in [3.05, 3.63) is 58.7 Å². The lowest BCUT2D eigenvalue weighted by Gasteiger charge is -2.21. The van der Waals surface area contributed by atoms with Crippen LogP contribution in [0.3, 0.4) is 0 Å². The van der Waals surface area contributed by atoms with Crippen molar-refractivity contribution in [1.29, 1.82) is 0 Å². The third kappa shape index (κ3) is 3.35. The highest BCUT2D eigenvalue weighted by Crippen LogP contribution is 2.37. The summed E-state index contributed by atoms with van der Waals surface area (Å²) in [5, 5.41) is 0. The number of alkyl halides is 1. The Labute approximate surface area is 155 Å². The number of hydrogen-bond acceptors (Lipinski definition) is 5. The Morgan fingerprint density at radius 1 is 0.923 bits per heavy atom. The Morgan fingerprint density at radius 3 is 2.15 bits per heavy atom. The minimum atomic E-state index is -0.560. The summed E-state index contributed by atoms with van der Waals surface area (Å²) in [4.78, 5) is 37.3. The van der Waals surface area contributed by atoms with E-state index < -0.39 is 5.97 Å². The molecule has 0 radical (unpaired) electrons. The molecule has 2 aromatic rings. The molecular formula is C20H17ClO5. The lowest BCUT2D eigenvalue weighted by atomic mass is 9.83. The summed E-state index contributed by atoms with van der Waals surface area (Å²) in [6.45, 7) is 1.64. The highest BCUT2D eigenvalue weighted by atomic mass is 35.5. The number of hydrogen-bond donors (Lipinski definition) is 0. The van der Waals surface area contributed by atoms with Crippen LogP contribution in [-0.4, -0.2) is 30.0 Å². The zero-order valence-corrected chi connectivity index (χ0v) is 15.0. The van der Waals surface area contributed by atoms with E-state index >= 15 is 0 Å². The third-order valence-corrected chi connectivity index (χ3v) is 4.30. The molecule has 6 heteroatoms. The summed E-state index contributed by atoms with van der Waals surface area (Å²) >= 11 is 5.66. The number of benzene rings is 2. The molecule has 0 heterocycles. The first-order valence-electron chi connectivity index (χ1n) is 8.27. The Kier molecular flexibility index (Phi) is 5.38. The zero-order valence-electron chi connectivity index (χ0n) is 14.2. The second-order valence-corrected chi connectivity index (χ2v) is 6.23. The Hall–Kier alpha value is -2.66. The van der Waals surface area contributed by atoms with Crippen LogP contribution >= 0.6 is 11.6 Å². The summed E-state index contributed by atoms with van der Waals surface area (Å²) in [5.74, 6) is -0.286. The molecule has 5 nitrogen and oxygen atoms in total. The highest BCUT2D eigenvalue weighted by Gasteiger charge is 2.35. The smallest absolute Gasteiger partial charge is 0.308 e. The summed E-state index contributed by atoms with van der Waals surface area (Å²) in [5.41, 5.74) is 0.811. The van der Waals surface area contributed by atoms with Gasteiger partial charge < -0.3 is 9.47 Å². The number of fused-ring (bicyclic) bond motifs is 2. The van der Waals surface area contributed by atoms with Gasteiger partial charge in [-0.3, -0.25) is 14.4 Å². The number of ether oxygens (including phenoxy) is 2. The van der Waals surface area contributed by atoms with E-state index in [1.165, 1.54) is 13.0 Å². The predicted octanol–water partition coefficient (Wildman–Crippen LogP) is 3.79. The zero-order chi connectivity index (χ0) is 18.7. The molecule has 0 aromatic heterocycles. The number of halogens is 1. The van der Waals surface area contributed by atoms with Crippen molar-refractivity contribution in [1.82, 2.24) is 0 Å². The van der Waals surface area contributed by atoms with Gasteiger partial charge in [-0.2, -0.15) is 0 Å². The molecule has 2 aromatic carbocycles. The number of carbonyl (C=O) groups is 3. The van der Waals surface area contributed by atoms with E-state index in [9.17, 15) is 14.4 Å². The number of unbranched alkanes of at least 4 members (excludes halogenated alkanes) is 1. The van der Waals surface area contributed by atoms with Gasteiger partial charge in [0.25, 0.3) is 0 Å². The minimum Gasteiger partial charge on any atom is -0.493 e. The largest absolute Gasteiger partial charge is 0.493 e. The van der Waals surface area contributed by atoms with Gasteiger partial charge in [-0.05, 0) is 25.0 Å². The molecule has 26 heavy (non-hydrogen) atoms. The fourth-order valence-corrected chi connectivity index (χ4v) is 3.11. The van der Waals surface area contributed by atoms with Gasteiger partial charge in [0.15, 0.2) is 5.78 Å². The van der Waals surface area contributed by atoms with Crippen LogP contribution in [0.25, 0.3) is 0 Å². The van der Waals surface area contributed by atoms with Crippen LogP contribution in [0.5, 0.6) is 11.5 Å². The van der Waals surface area contributed by atoms with Crippen molar-refractivity contribution in [2.75, 3.05) is 12.5 Å². The fraction of sp³-hybridized carbons (Fsp3) is 0.250. The minimum absolute atomic E-state index is 0.0796. The van der Waals surface area contributed by atoms with E-state index in [0.29, 0.717) is 18.2 Å². The summed E-state index contributed by atoms with van der Waals surface area (Å²) in [6.07, 6.45) is 1.54. The highest BCUT2D eigenvalue weighted by molar-refractivity contribution is 6.30. The van der Waals surface area contributed by atoms with Crippen molar-refractivity contribution >= 4 is 29.1 Å². The topological polar surface area (TPSA) is 69.7 Å². The van der Waals surface area contributed by atoms with Crippen molar-refractivity contribution in [3.8, 4) is 11.5 Å². The van der Waals surface area contributed by atoms with Gasteiger partial charge in [-0.15, -0.1) is 11.6 Å². The lowest BCUT2D eigenvalue weighted by Crippen LogP contribution is -2.23. The van der Waals surface area contributed by atoms with Gasteiger partial charge in [-0.1, -0.05) is 24.3 Å². The molecule has 0 saturated heterocycles. The van der Waals surface area contributed by atoms with E-state index in [1.807, 2.05) is 0 Å². The molecule has 0 saturated carbocycles. The second kappa shape index (κ2) is 7.70. The maximum absolute atomic E-state index is 13.1. The quantitative estimate of drug-likeness (QED) is 0.285. The number of ketones is 2. The average molecular weight is 373 g/mol. The molecule has 0 fully saturated rings. The van der Waals surface area contributed by atoms with Crippen LogP contribution < -0.4 is 9.47 Å². The van der Waals surface area contributed by atoms with Gasteiger partial charge in [-0.25, -0.2) is 0 Å². The SMILES string of the molecule is CC(=O)Oc1cccc2c1C(=O)c1c(OCCCCCl)cccc1C2=O. The van der Waals surface area contributed by atoms with Crippen LogP contribution in [0.1, 0.15) is 51.6 Å². The molecule has 0 aliphatic heterocycles. The van der Waals surface area contributed by atoms with E-state index in [4.69, 9.17) is 21.1 Å². The van der Waals surface area contributed by atoms with Crippen molar-refractivity contribution in [3.63, 3.8) is 0 Å². The van der Waals surface area contributed by atoms with E-state index in [1.54, 1.807) is 30.3 Å². The molecule has 0 N–H and O–H groups in total. The maximum Gasteiger partial charge on any atom is 0.308 e. The molecule has 3 rings (SSSR count). The van der Waals surface area contributed by atoms with Gasteiger partial charge in [0.2, 0.25) is 5.78 Å². The third-order valence-electron chi connectivity index (χ3n) is 4.04. The molecule has 1 aliphatic carbocycles. The van der Waals surface area contributed by atoms with E-state index in [-0.39, 0.29) is 39.6 Å². The number of esters is 1. The summed E-state index contributed by atoms with van der Waals surface area (Å²) < 4.78 is 10.9. The molecule has 0 unspecified atom stereocenters.